The molecule has 2 heteroatoms. The van der Waals surface area contributed by atoms with Gasteiger partial charge in [-0.05, 0) is 31.1 Å². The van der Waals surface area contributed by atoms with Crippen molar-refractivity contribution in [2.45, 2.75) is 44.3 Å². The second-order valence-electron chi connectivity index (χ2n) is 4.40. The summed E-state index contributed by atoms with van der Waals surface area (Å²) in [6.07, 6.45) is 7.84. The van der Waals surface area contributed by atoms with Gasteiger partial charge in [-0.1, -0.05) is 12.8 Å². The van der Waals surface area contributed by atoms with Crippen LogP contribution in [0.25, 0.3) is 0 Å². The third-order valence-corrected chi connectivity index (χ3v) is 3.83. The Hall–Kier alpha value is -0.0800. The average molecular weight is 168 g/mol. The molecule has 4 unspecified atom stereocenters. The molecular weight excluding hydrogens is 152 g/mol. The average Bonchev–Trinajstić information content (AvgIpc) is 2.62. The third kappa shape index (κ3) is 0.944. The van der Waals surface area contributed by atoms with Crippen LogP contribution in [0, 0.1) is 11.8 Å². The first-order chi connectivity index (χ1) is 5.95. The van der Waals surface area contributed by atoms with Crippen molar-refractivity contribution in [2.75, 3.05) is 6.79 Å². The van der Waals surface area contributed by atoms with E-state index in [0.29, 0.717) is 19.0 Å². The SMILES string of the molecule is C1CCC2C(C1)CC1OCOC12. The highest BCUT2D eigenvalue weighted by Gasteiger charge is 2.47. The zero-order valence-electron chi connectivity index (χ0n) is 7.37. The summed E-state index contributed by atoms with van der Waals surface area (Å²) in [7, 11) is 0. The summed E-state index contributed by atoms with van der Waals surface area (Å²) in [5, 5.41) is 0. The summed E-state index contributed by atoms with van der Waals surface area (Å²) >= 11 is 0. The minimum atomic E-state index is 0.457. The van der Waals surface area contributed by atoms with Gasteiger partial charge in [-0.3, -0.25) is 0 Å². The zero-order valence-corrected chi connectivity index (χ0v) is 7.37. The number of rotatable bonds is 0. The lowest BCUT2D eigenvalue weighted by molar-refractivity contribution is -0.000562. The molecule has 0 N–H and O–H groups in total. The summed E-state index contributed by atoms with van der Waals surface area (Å²) in [5.41, 5.74) is 0. The Morgan fingerprint density at radius 2 is 1.92 bits per heavy atom. The van der Waals surface area contributed by atoms with Crippen molar-refractivity contribution < 1.29 is 9.47 Å². The van der Waals surface area contributed by atoms with Crippen LogP contribution >= 0.6 is 0 Å². The summed E-state index contributed by atoms with van der Waals surface area (Å²) in [5.74, 6) is 1.76. The Bertz CT molecular complexity index is 181. The van der Waals surface area contributed by atoms with Crippen LogP contribution in [0.3, 0.4) is 0 Å². The minimum Gasteiger partial charge on any atom is -0.349 e. The molecule has 3 rings (SSSR count). The fourth-order valence-corrected chi connectivity index (χ4v) is 3.27. The van der Waals surface area contributed by atoms with E-state index in [1.165, 1.54) is 32.1 Å². The summed E-state index contributed by atoms with van der Waals surface area (Å²) < 4.78 is 11.2. The molecule has 1 saturated heterocycles. The Balaban J connectivity index is 1.79. The van der Waals surface area contributed by atoms with E-state index in [2.05, 4.69) is 0 Å². The van der Waals surface area contributed by atoms with Crippen molar-refractivity contribution in [3.05, 3.63) is 0 Å². The van der Waals surface area contributed by atoms with Gasteiger partial charge in [0.05, 0.1) is 12.2 Å². The van der Waals surface area contributed by atoms with E-state index >= 15 is 0 Å². The predicted octanol–water partition coefficient (Wildman–Crippen LogP) is 1.94. The molecule has 2 saturated carbocycles. The Morgan fingerprint density at radius 1 is 1.00 bits per heavy atom. The monoisotopic (exact) mass is 168 g/mol. The standard InChI is InChI=1S/C10H16O2/c1-2-4-8-7(3-1)5-9-10(8)12-6-11-9/h7-10H,1-6H2. The molecule has 2 nitrogen and oxygen atoms in total. The van der Waals surface area contributed by atoms with E-state index in [-0.39, 0.29) is 0 Å². The van der Waals surface area contributed by atoms with Crippen LogP contribution in [0.15, 0.2) is 0 Å². The largest absolute Gasteiger partial charge is 0.349 e. The van der Waals surface area contributed by atoms with Gasteiger partial charge in [-0.2, -0.15) is 0 Å². The smallest absolute Gasteiger partial charge is 0.147 e. The second-order valence-corrected chi connectivity index (χ2v) is 4.40. The van der Waals surface area contributed by atoms with Gasteiger partial charge in [0.1, 0.15) is 6.79 Å². The van der Waals surface area contributed by atoms with Crippen molar-refractivity contribution in [3.63, 3.8) is 0 Å². The summed E-state index contributed by atoms with van der Waals surface area (Å²) in [4.78, 5) is 0. The highest BCUT2D eigenvalue weighted by atomic mass is 16.7. The lowest BCUT2D eigenvalue weighted by atomic mass is 9.81. The molecule has 0 aromatic rings. The van der Waals surface area contributed by atoms with Gasteiger partial charge < -0.3 is 9.47 Å². The Labute approximate surface area is 73.2 Å². The quantitative estimate of drug-likeness (QED) is 0.550. The number of ether oxygens (including phenoxy) is 2. The fraction of sp³-hybridized carbons (Fsp3) is 1.00. The normalized spacial score (nSPS) is 52.0. The molecular formula is C10H16O2. The third-order valence-electron chi connectivity index (χ3n) is 3.83. The molecule has 12 heavy (non-hydrogen) atoms. The molecule has 0 spiro atoms. The highest BCUT2D eigenvalue weighted by Crippen LogP contribution is 2.46. The fourth-order valence-electron chi connectivity index (χ4n) is 3.27. The van der Waals surface area contributed by atoms with Gasteiger partial charge in [0, 0.05) is 0 Å². The summed E-state index contributed by atoms with van der Waals surface area (Å²) in [6, 6.07) is 0. The minimum absolute atomic E-state index is 0.457. The number of hydrogen-bond acceptors (Lipinski definition) is 2. The van der Waals surface area contributed by atoms with Gasteiger partial charge in [-0.25, -0.2) is 0 Å². The van der Waals surface area contributed by atoms with E-state index in [0.717, 1.165) is 11.8 Å². The number of fused-ring (bicyclic) bond motifs is 3. The topological polar surface area (TPSA) is 18.5 Å². The highest BCUT2D eigenvalue weighted by molar-refractivity contribution is 4.96. The lowest BCUT2D eigenvalue weighted by Gasteiger charge is -2.27. The molecule has 2 aliphatic carbocycles. The molecule has 0 aromatic carbocycles. The van der Waals surface area contributed by atoms with E-state index in [4.69, 9.17) is 9.47 Å². The molecule has 1 aliphatic heterocycles. The Kier molecular flexibility index (Phi) is 1.66. The van der Waals surface area contributed by atoms with Crippen LogP contribution in [0.4, 0.5) is 0 Å². The van der Waals surface area contributed by atoms with E-state index in [1.54, 1.807) is 0 Å². The molecule has 1 heterocycles. The van der Waals surface area contributed by atoms with Crippen LogP contribution in [-0.4, -0.2) is 19.0 Å². The first kappa shape index (κ1) is 7.34. The zero-order chi connectivity index (χ0) is 7.97. The second kappa shape index (κ2) is 2.71. The van der Waals surface area contributed by atoms with Gasteiger partial charge >= 0.3 is 0 Å². The van der Waals surface area contributed by atoms with Crippen molar-refractivity contribution in [1.29, 1.82) is 0 Å². The first-order valence-corrected chi connectivity index (χ1v) is 5.18. The van der Waals surface area contributed by atoms with Gasteiger partial charge in [0.25, 0.3) is 0 Å². The van der Waals surface area contributed by atoms with Crippen molar-refractivity contribution in [2.24, 2.45) is 11.8 Å². The van der Waals surface area contributed by atoms with Crippen molar-refractivity contribution in [3.8, 4) is 0 Å². The van der Waals surface area contributed by atoms with Gasteiger partial charge in [-0.15, -0.1) is 0 Å². The molecule has 0 amide bonds. The van der Waals surface area contributed by atoms with Gasteiger partial charge in [0.2, 0.25) is 0 Å². The van der Waals surface area contributed by atoms with E-state index < -0.39 is 0 Å². The molecule has 0 radical (unpaired) electrons. The van der Waals surface area contributed by atoms with Crippen LogP contribution in [0.2, 0.25) is 0 Å². The van der Waals surface area contributed by atoms with Crippen LogP contribution in [-0.2, 0) is 9.47 Å². The number of hydrogen-bond donors (Lipinski definition) is 0. The van der Waals surface area contributed by atoms with Crippen molar-refractivity contribution >= 4 is 0 Å². The van der Waals surface area contributed by atoms with Crippen LogP contribution in [0.1, 0.15) is 32.1 Å². The Morgan fingerprint density at radius 3 is 2.92 bits per heavy atom. The van der Waals surface area contributed by atoms with Crippen LogP contribution in [0.5, 0.6) is 0 Å². The van der Waals surface area contributed by atoms with Gasteiger partial charge in [0.15, 0.2) is 0 Å². The first-order valence-electron chi connectivity index (χ1n) is 5.18. The maximum Gasteiger partial charge on any atom is 0.147 e. The molecule has 0 aromatic heterocycles. The van der Waals surface area contributed by atoms with E-state index in [9.17, 15) is 0 Å². The molecule has 0 bridgehead atoms. The molecule has 3 fully saturated rings. The predicted molar refractivity (Wildman–Crippen MR) is 44.7 cm³/mol. The molecule has 4 atom stereocenters. The summed E-state index contributed by atoms with van der Waals surface area (Å²) in [6.45, 7) is 0.554. The van der Waals surface area contributed by atoms with Crippen molar-refractivity contribution in [1.82, 2.24) is 0 Å². The van der Waals surface area contributed by atoms with E-state index in [1.807, 2.05) is 0 Å². The maximum atomic E-state index is 5.62. The lowest BCUT2D eigenvalue weighted by Crippen LogP contribution is -2.25. The molecule has 3 aliphatic rings. The molecule has 68 valence electrons. The maximum absolute atomic E-state index is 5.62. The van der Waals surface area contributed by atoms with Crippen LogP contribution < -0.4 is 0 Å².